The zero-order chi connectivity index (χ0) is 18.7. The molecule has 0 saturated carbocycles. The molecule has 0 aliphatic carbocycles. The van der Waals surface area contributed by atoms with Crippen LogP contribution in [0.15, 0.2) is 24.3 Å². The molecule has 1 atom stereocenters. The van der Waals surface area contributed by atoms with E-state index in [9.17, 15) is 26.3 Å². The van der Waals surface area contributed by atoms with Gasteiger partial charge in [0.25, 0.3) is 0 Å². The Kier molecular flexibility index (Phi) is 4.55. The topological polar surface area (TPSA) is 73.3 Å². The molecule has 2 aliphatic heterocycles. The third kappa shape index (κ3) is 3.36. The molecule has 142 valence electrons. The first-order valence-corrected chi connectivity index (χ1v) is 10.4. The molecule has 11 heteroatoms. The van der Waals surface area contributed by atoms with Gasteiger partial charge < -0.3 is 0 Å². The molecule has 3 rings (SSSR count). The number of nitrogens with one attached hydrogen (secondary N) is 2. The van der Waals surface area contributed by atoms with E-state index in [1.54, 1.807) is 24.3 Å². The van der Waals surface area contributed by atoms with Crippen molar-refractivity contribution in [3.8, 4) is 0 Å². The number of hydrogen-bond donors (Lipinski definition) is 3. The van der Waals surface area contributed by atoms with Crippen molar-refractivity contribution in [2.45, 2.75) is 41.1 Å². The number of rotatable bonds is 6. The summed E-state index contributed by atoms with van der Waals surface area (Å²) in [6.07, 6.45) is -11.8. The summed E-state index contributed by atoms with van der Waals surface area (Å²) in [5.41, 5.74) is -3.45. The Morgan fingerprint density at radius 3 is 1.96 bits per heavy atom. The van der Waals surface area contributed by atoms with Crippen molar-refractivity contribution in [1.82, 2.24) is 7.06 Å². The molecule has 2 saturated heterocycles. The summed E-state index contributed by atoms with van der Waals surface area (Å²) in [5.74, 6) is 0.244. The van der Waals surface area contributed by atoms with Crippen LogP contribution in [0, 0.1) is 0 Å². The van der Waals surface area contributed by atoms with Crippen LogP contribution in [0.1, 0.15) is 24.0 Å². The van der Waals surface area contributed by atoms with Gasteiger partial charge in [-0.2, -0.15) is 0 Å². The third-order valence-electron chi connectivity index (χ3n) is 4.28. The van der Waals surface area contributed by atoms with E-state index in [2.05, 4.69) is 11.8 Å². The standard InChI is InChI=1S/C14H15F6IN2O2/c1-8(12-21(22-12)23-12)10-4-2-9(3-5-10)6-25-7-11(24,13(15,16)17)14(18,19)20/h2-5,8,22-24H,6-7H2,1H3. The predicted molar refractivity (Wildman–Crippen MR) is 84.6 cm³/mol. The van der Waals surface area contributed by atoms with Gasteiger partial charge in [-0.15, -0.1) is 0 Å². The fourth-order valence-electron chi connectivity index (χ4n) is 2.34. The Labute approximate surface area is 147 Å². The van der Waals surface area contributed by atoms with E-state index in [1.807, 2.05) is 6.92 Å². The summed E-state index contributed by atoms with van der Waals surface area (Å²) >= 11 is -1.09. The monoisotopic (exact) mass is 484 g/mol. The van der Waals surface area contributed by atoms with E-state index >= 15 is 0 Å². The van der Waals surface area contributed by atoms with Crippen LogP contribution in [0.3, 0.4) is 0 Å². The molecule has 25 heavy (non-hydrogen) atoms. The van der Waals surface area contributed by atoms with Gasteiger partial charge in [0.05, 0.1) is 0 Å². The SMILES string of the molecule is CC(c1ccc(COCC(O)(C(F)(F)F)C(F)(F)F)cc1)C12NI1N2. The molecule has 3 N–H and O–H groups in total. The Morgan fingerprint density at radius 2 is 1.56 bits per heavy atom. The molecule has 2 heterocycles. The van der Waals surface area contributed by atoms with Crippen LogP contribution in [0.25, 0.3) is 0 Å². The maximum absolute atomic E-state index is 12.5. The first kappa shape index (κ1) is 19.1. The predicted octanol–water partition coefficient (Wildman–Crippen LogP) is 3.36. The Bertz CT molecular complexity index is 628. The van der Waals surface area contributed by atoms with Gasteiger partial charge in [0.15, 0.2) is 0 Å². The van der Waals surface area contributed by atoms with Crippen molar-refractivity contribution < 1.29 is 36.2 Å². The van der Waals surface area contributed by atoms with E-state index in [-0.39, 0.29) is 9.59 Å². The van der Waals surface area contributed by atoms with Crippen LogP contribution in [-0.2, 0) is 11.3 Å². The second kappa shape index (κ2) is 5.94. The summed E-state index contributed by atoms with van der Waals surface area (Å²) in [4.78, 5) is 0. The van der Waals surface area contributed by atoms with Crippen molar-refractivity contribution in [3.63, 3.8) is 0 Å². The van der Waals surface area contributed by atoms with Crippen LogP contribution < -0.4 is 7.06 Å². The van der Waals surface area contributed by atoms with Crippen LogP contribution in [-0.4, -0.2) is 33.3 Å². The summed E-state index contributed by atoms with van der Waals surface area (Å²) in [6, 6.07) is 6.72. The quantitative estimate of drug-likeness (QED) is 0.145. The zero-order valence-electron chi connectivity index (χ0n) is 12.8. The van der Waals surface area contributed by atoms with E-state index < -0.39 is 51.5 Å². The third-order valence-corrected chi connectivity index (χ3v) is 9.16. The average molecular weight is 484 g/mol. The second-order valence-corrected chi connectivity index (χ2v) is 10.4. The fourth-order valence-corrected chi connectivity index (χ4v) is 7.30. The summed E-state index contributed by atoms with van der Waals surface area (Å²) in [7, 11) is 0. The normalized spacial score (nSPS) is 21.7. The molecule has 4 nitrogen and oxygen atoms in total. The van der Waals surface area contributed by atoms with Gasteiger partial charge in [-0.05, 0) is 0 Å². The van der Waals surface area contributed by atoms with Crippen molar-refractivity contribution in [2.75, 3.05) is 6.61 Å². The van der Waals surface area contributed by atoms with E-state index in [0.717, 1.165) is 5.56 Å². The number of benzene rings is 1. The molecule has 1 aromatic rings. The minimum atomic E-state index is -5.88. The molecule has 0 radical (unpaired) electrons. The van der Waals surface area contributed by atoms with Gasteiger partial charge in [-0.1, -0.05) is 0 Å². The van der Waals surface area contributed by atoms with Crippen LogP contribution >= 0.6 is 20.4 Å². The second-order valence-electron chi connectivity index (χ2n) is 6.00. The van der Waals surface area contributed by atoms with Gasteiger partial charge in [0.2, 0.25) is 0 Å². The van der Waals surface area contributed by atoms with E-state index in [4.69, 9.17) is 5.11 Å². The van der Waals surface area contributed by atoms with E-state index in [1.165, 1.54) is 0 Å². The van der Waals surface area contributed by atoms with Gasteiger partial charge in [0.1, 0.15) is 0 Å². The van der Waals surface area contributed by atoms with Crippen LogP contribution in [0.5, 0.6) is 0 Å². The van der Waals surface area contributed by atoms with Crippen LogP contribution in [0.4, 0.5) is 26.3 Å². The molecule has 0 spiro atoms. The Balaban J connectivity index is 1.58. The molecular weight excluding hydrogens is 469 g/mol. The fraction of sp³-hybridized carbons (Fsp3) is 0.571. The average Bonchev–Trinajstić information content (AvgIpc) is 3.34. The molecule has 1 unspecified atom stereocenters. The molecular formula is C14H15F6IN2O2. The van der Waals surface area contributed by atoms with Crippen molar-refractivity contribution in [2.24, 2.45) is 0 Å². The molecule has 2 fully saturated rings. The molecule has 1 aromatic carbocycles. The van der Waals surface area contributed by atoms with Crippen molar-refractivity contribution in [1.29, 1.82) is 0 Å². The molecule has 0 amide bonds. The van der Waals surface area contributed by atoms with Crippen molar-refractivity contribution >= 4 is 20.4 Å². The van der Waals surface area contributed by atoms with Gasteiger partial charge >= 0.3 is 147 Å². The van der Waals surface area contributed by atoms with Gasteiger partial charge in [-0.25, -0.2) is 0 Å². The number of halogens is 7. The summed E-state index contributed by atoms with van der Waals surface area (Å²) < 4.78 is 86.5. The zero-order valence-corrected chi connectivity index (χ0v) is 15.0. The number of hydrogen-bond acceptors (Lipinski definition) is 4. The van der Waals surface area contributed by atoms with Crippen LogP contribution in [0.2, 0.25) is 0 Å². The number of fused-ring (bicyclic) bond motifs is 1. The van der Waals surface area contributed by atoms with Gasteiger partial charge in [0, 0.05) is 0 Å². The maximum atomic E-state index is 12.5. The van der Waals surface area contributed by atoms with E-state index in [0.29, 0.717) is 5.56 Å². The summed E-state index contributed by atoms with van der Waals surface area (Å²) in [6.45, 7) is -0.338. The Morgan fingerprint density at radius 1 is 1.08 bits per heavy atom. The number of ether oxygens (including phenoxy) is 1. The first-order valence-electron chi connectivity index (χ1n) is 7.18. The summed E-state index contributed by atoms with van der Waals surface area (Å²) in [5, 5.41) is 9.00. The Hall–Kier alpha value is -0.630. The molecule has 0 bridgehead atoms. The first-order chi connectivity index (χ1) is 11.4. The molecule has 2 aliphatic rings. The molecule has 0 aromatic heterocycles. The minimum absolute atomic E-state index is 0.0812. The van der Waals surface area contributed by atoms with Crippen molar-refractivity contribution in [3.05, 3.63) is 35.4 Å². The number of alkyl halides is 7. The van der Waals surface area contributed by atoms with Gasteiger partial charge in [-0.3, -0.25) is 0 Å². The number of aliphatic hydroxyl groups is 1.